The Morgan fingerprint density at radius 3 is 2.48 bits per heavy atom. The maximum atomic E-state index is 11.1. The second-order valence-corrected chi connectivity index (χ2v) is 8.06. The lowest BCUT2D eigenvalue weighted by Gasteiger charge is -2.51. The van der Waals surface area contributed by atoms with E-state index >= 15 is 0 Å². The molecule has 0 radical (unpaired) electrons. The average Bonchev–Trinajstić information content (AvgIpc) is 2.52. The van der Waals surface area contributed by atoms with Crippen molar-refractivity contribution >= 4 is 16.9 Å². The third kappa shape index (κ3) is 3.67. The molecule has 0 amide bonds. The number of aromatic nitrogens is 1. The molecule has 0 bridgehead atoms. The molecule has 5 nitrogen and oxygen atoms in total. The van der Waals surface area contributed by atoms with Crippen LogP contribution in [0.1, 0.15) is 63.0 Å². The highest BCUT2D eigenvalue weighted by Crippen LogP contribution is 2.38. The lowest BCUT2D eigenvalue weighted by Crippen LogP contribution is -2.58. The van der Waals surface area contributed by atoms with Gasteiger partial charge in [-0.25, -0.2) is 4.79 Å². The number of pyridine rings is 1. The van der Waals surface area contributed by atoms with Crippen molar-refractivity contribution in [2.24, 2.45) is 0 Å². The summed E-state index contributed by atoms with van der Waals surface area (Å²) in [4.78, 5) is 21.9. The predicted molar refractivity (Wildman–Crippen MR) is 97.3 cm³/mol. The van der Waals surface area contributed by atoms with E-state index in [1.807, 2.05) is 12.1 Å². The fraction of sp³-hybridized carbons (Fsp3) is 0.500. The van der Waals surface area contributed by atoms with Crippen LogP contribution in [0.3, 0.4) is 0 Å². The van der Waals surface area contributed by atoms with Crippen molar-refractivity contribution in [3.63, 3.8) is 0 Å². The molecule has 0 spiro atoms. The fourth-order valence-electron chi connectivity index (χ4n) is 3.84. The second kappa shape index (κ2) is 6.39. The monoisotopic (exact) mass is 342 g/mol. The van der Waals surface area contributed by atoms with Crippen LogP contribution >= 0.6 is 0 Å². The van der Waals surface area contributed by atoms with E-state index in [1.165, 1.54) is 6.42 Å². The van der Waals surface area contributed by atoms with Crippen molar-refractivity contribution in [1.29, 1.82) is 0 Å². The molecule has 0 atom stereocenters. The lowest BCUT2D eigenvalue weighted by molar-refractivity contribution is -0.288. The van der Waals surface area contributed by atoms with Gasteiger partial charge in [-0.1, -0.05) is 6.07 Å². The third-order valence-corrected chi connectivity index (χ3v) is 5.01. The smallest absolute Gasteiger partial charge is 0.335 e. The summed E-state index contributed by atoms with van der Waals surface area (Å²) < 4.78 is 0. The third-order valence-electron chi connectivity index (χ3n) is 5.01. The van der Waals surface area contributed by atoms with Crippen LogP contribution in [0.4, 0.5) is 0 Å². The van der Waals surface area contributed by atoms with Gasteiger partial charge in [-0.2, -0.15) is 5.06 Å². The first-order valence-corrected chi connectivity index (χ1v) is 8.75. The number of fused-ring (bicyclic) bond motifs is 1. The molecule has 1 fully saturated rings. The van der Waals surface area contributed by atoms with Crippen molar-refractivity contribution in [2.75, 3.05) is 0 Å². The van der Waals surface area contributed by atoms with Gasteiger partial charge in [0, 0.05) is 16.5 Å². The lowest BCUT2D eigenvalue weighted by atomic mass is 9.82. The maximum Gasteiger partial charge on any atom is 0.335 e. The van der Waals surface area contributed by atoms with Gasteiger partial charge in [0.15, 0.2) is 0 Å². The Morgan fingerprint density at radius 1 is 1.16 bits per heavy atom. The molecule has 1 aromatic heterocycles. The number of aromatic carboxylic acids is 1. The molecular formula is C20H26N2O3. The minimum atomic E-state index is -0.927. The average molecular weight is 342 g/mol. The normalized spacial score (nSPS) is 19.8. The Balaban J connectivity index is 1.78. The van der Waals surface area contributed by atoms with Gasteiger partial charge in [0.05, 0.1) is 16.8 Å². The van der Waals surface area contributed by atoms with Gasteiger partial charge >= 0.3 is 5.97 Å². The summed E-state index contributed by atoms with van der Waals surface area (Å²) in [6.07, 6.45) is 3.43. The zero-order chi connectivity index (χ0) is 18.2. The van der Waals surface area contributed by atoms with E-state index in [4.69, 9.17) is 9.94 Å². The van der Waals surface area contributed by atoms with Gasteiger partial charge in [-0.05, 0) is 71.2 Å². The molecule has 1 aliphatic heterocycles. The summed E-state index contributed by atoms with van der Waals surface area (Å²) in [7, 11) is 0. The van der Waals surface area contributed by atoms with Crippen LogP contribution in [0.5, 0.6) is 0 Å². The highest BCUT2D eigenvalue weighted by molar-refractivity contribution is 5.93. The molecular weight excluding hydrogens is 316 g/mol. The largest absolute Gasteiger partial charge is 0.478 e. The summed E-state index contributed by atoms with van der Waals surface area (Å²) in [6.45, 7) is 9.28. The van der Waals surface area contributed by atoms with Gasteiger partial charge in [-0.15, -0.1) is 0 Å². The fourth-order valence-corrected chi connectivity index (χ4v) is 3.84. The van der Waals surface area contributed by atoms with Crippen LogP contribution in [0.15, 0.2) is 30.3 Å². The van der Waals surface area contributed by atoms with E-state index in [0.29, 0.717) is 6.61 Å². The van der Waals surface area contributed by atoms with Crippen LogP contribution < -0.4 is 0 Å². The van der Waals surface area contributed by atoms with Crippen LogP contribution in [0.2, 0.25) is 0 Å². The van der Waals surface area contributed by atoms with Gasteiger partial charge in [0.25, 0.3) is 0 Å². The summed E-state index contributed by atoms with van der Waals surface area (Å²) in [5, 5.41) is 12.0. The van der Waals surface area contributed by atoms with Crippen LogP contribution in [0.25, 0.3) is 10.9 Å². The van der Waals surface area contributed by atoms with Gasteiger partial charge in [0.2, 0.25) is 0 Å². The van der Waals surface area contributed by atoms with Crippen molar-refractivity contribution in [3.8, 4) is 0 Å². The van der Waals surface area contributed by atoms with Crippen molar-refractivity contribution < 1.29 is 14.7 Å². The zero-order valence-corrected chi connectivity index (χ0v) is 15.4. The highest BCUT2D eigenvalue weighted by Gasteiger charge is 2.42. The number of carboxylic acid groups (broad SMARTS) is 1. The van der Waals surface area contributed by atoms with Crippen molar-refractivity contribution in [2.45, 2.75) is 64.6 Å². The van der Waals surface area contributed by atoms with E-state index < -0.39 is 5.97 Å². The number of hydrogen-bond donors (Lipinski definition) is 1. The number of benzene rings is 1. The highest BCUT2D eigenvalue weighted by atomic mass is 16.7. The molecule has 134 valence electrons. The molecule has 0 unspecified atom stereocenters. The summed E-state index contributed by atoms with van der Waals surface area (Å²) in [5.41, 5.74) is 1.88. The summed E-state index contributed by atoms with van der Waals surface area (Å²) >= 11 is 0. The second-order valence-electron chi connectivity index (χ2n) is 8.06. The van der Waals surface area contributed by atoms with E-state index in [-0.39, 0.29) is 16.6 Å². The molecule has 5 heteroatoms. The molecule has 3 rings (SSSR count). The van der Waals surface area contributed by atoms with E-state index in [9.17, 15) is 4.79 Å². The SMILES string of the molecule is CC1(C)CCCC(C)(C)N1OCc1ccc2cc(C(=O)O)ccc2n1. The Labute approximate surface area is 148 Å². The molecule has 2 heterocycles. The first kappa shape index (κ1) is 17.8. The maximum absolute atomic E-state index is 11.1. The number of hydrogen-bond acceptors (Lipinski definition) is 4. The number of piperidine rings is 1. The number of carboxylic acids is 1. The molecule has 1 aromatic carbocycles. The van der Waals surface area contributed by atoms with Crippen molar-refractivity contribution in [3.05, 3.63) is 41.6 Å². The Bertz CT molecular complexity index is 783. The standard InChI is InChI=1S/C20H26N2O3/c1-19(2)10-5-11-20(3,4)22(19)25-13-16-8-6-14-12-15(18(23)24)7-9-17(14)21-16/h6-9,12H,5,10-11,13H2,1-4H3,(H,23,24). The Hall–Kier alpha value is -1.98. The molecule has 0 aliphatic carbocycles. The molecule has 2 aromatic rings. The van der Waals surface area contributed by atoms with Gasteiger partial charge < -0.3 is 5.11 Å². The van der Waals surface area contributed by atoms with E-state index in [0.717, 1.165) is 29.4 Å². The molecule has 1 saturated heterocycles. The van der Waals surface area contributed by atoms with Crippen LogP contribution in [0, 0.1) is 0 Å². The van der Waals surface area contributed by atoms with Crippen LogP contribution in [-0.4, -0.2) is 32.2 Å². The first-order valence-electron chi connectivity index (χ1n) is 8.75. The Kier molecular flexibility index (Phi) is 4.56. The molecule has 0 saturated carbocycles. The van der Waals surface area contributed by atoms with E-state index in [2.05, 4.69) is 37.7 Å². The zero-order valence-electron chi connectivity index (χ0n) is 15.4. The number of nitrogens with zero attached hydrogens (tertiary/aromatic N) is 2. The quantitative estimate of drug-likeness (QED) is 0.892. The van der Waals surface area contributed by atoms with E-state index in [1.54, 1.807) is 18.2 Å². The Morgan fingerprint density at radius 2 is 1.84 bits per heavy atom. The topological polar surface area (TPSA) is 62.7 Å². The van der Waals surface area contributed by atoms with Crippen molar-refractivity contribution in [1.82, 2.24) is 10.0 Å². The van der Waals surface area contributed by atoms with Gasteiger partial charge in [0.1, 0.15) is 6.61 Å². The summed E-state index contributed by atoms with van der Waals surface area (Å²) in [5.74, 6) is -0.927. The molecule has 25 heavy (non-hydrogen) atoms. The minimum Gasteiger partial charge on any atom is -0.478 e. The minimum absolute atomic E-state index is 0.00497. The number of carbonyl (C=O) groups is 1. The summed E-state index contributed by atoms with van der Waals surface area (Å²) in [6, 6.07) is 8.78. The predicted octanol–water partition coefficient (Wildman–Crippen LogP) is 4.41. The first-order chi connectivity index (χ1) is 11.7. The number of hydroxylamine groups is 2. The van der Waals surface area contributed by atoms with Gasteiger partial charge in [-0.3, -0.25) is 9.82 Å². The number of rotatable bonds is 4. The van der Waals surface area contributed by atoms with Crippen LogP contribution in [-0.2, 0) is 11.4 Å². The molecule has 1 aliphatic rings. The molecule has 1 N–H and O–H groups in total.